The van der Waals surface area contributed by atoms with E-state index < -0.39 is 0 Å². The van der Waals surface area contributed by atoms with Crippen molar-refractivity contribution in [2.24, 2.45) is 0 Å². The lowest BCUT2D eigenvalue weighted by Crippen LogP contribution is -2.28. The van der Waals surface area contributed by atoms with Crippen LogP contribution in [0.4, 0.5) is 0 Å². The first kappa shape index (κ1) is 17.4. The van der Waals surface area contributed by atoms with Crippen LogP contribution in [0.3, 0.4) is 0 Å². The number of rotatable bonds is 6. The molecule has 0 saturated carbocycles. The monoisotopic (exact) mass is 362 g/mol. The average Bonchev–Trinajstić information content (AvgIpc) is 3.16. The molecule has 6 nitrogen and oxygen atoms in total. The molecule has 2 aromatic carbocycles. The zero-order valence-electron chi connectivity index (χ0n) is 15.0. The zero-order chi connectivity index (χ0) is 18.5. The van der Waals surface area contributed by atoms with Crippen molar-refractivity contribution in [2.45, 2.75) is 32.1 Å². The second-order valence-corrected chi connectivity index (χ2v) is 6.62. The number of carbonyl (C=O) groups excluding carboxylic acids is 1. The smallest absolute Gasteiger partial charge is 0.273 e. The third-order valence-corrected chi connectivity index (χ3v) is 4.75. The molecule has 0 bridgehead atoms. The molecule has 1 N–H and O–H groups in total. The largest absolute Gasteiger partial charge is 0.365 e. The molecular weight excluding hydrogens is 340 g/mol. The van der Waals surface area contributed by atoms with Crippen LogP contribution in [-0.4, -0.2) is 27.4 Å². The molecule has 1 aliphatic rings. The number of ether oxygens (including phenoxy) is 1. The Kier molecular flexibility index (Phi) is 5.25. The molecule has 0 spiro atoms. The fraction of sp³-hybridized carbons (Fsp3) is 0.286. The number of benzene rings is 2. The van der Waals surface area contributed by atoms with Crippen molar-refractivity contribution in [3.05, 3.63) is 83.2 Å². The third-order valence-electron chi connectivity index (χ3n) is 4.75. The van der Waals surface area contributed by atoms with Crippen LogP contribution >= 0.6 is 0 Å². The Morgan fingerprint density at radius 1 is 1.11 bits per heavy atom. The molecule has 1 atom stereocenters. The van der Waals surface area contributed by atoms with Gasteiger partial charge in [0.05, 0.1) is 18.8 Å². The molecule has 27 heavy (non-hydrogen) atoms. The number of hydrogen-bond acceptors (Lipinski definition) is 4. The number of fused-ring (bicyclic) bond motifs is 1. The Balaban J connectivity index is 1.33. The maximum Gasteiger partial charge on any atom is 0.273 e. The van der Waals surface area contributed by atoms with Crippen LogP contribution in [0.15, 0.2) is 60.7 Å². The van der Waals surface area contributed by atoms with Gasteiger partial charge in [-0.15, -0.1) is 5.10 Å². The number of nitrogens with one attached hydrogen (secondary N) is 1. The van der Waals surface area contributed by atoms with Crippen LogP contribution in [0.25, 0.3) is 0 Å². The minimum Gasteiger partial charge on any atom is -0.365 e. The lowest BCUT2D eigenvalue weighted by atomic mass is 10.1. The van der Waals surface area contributed by atoms with Gasteiger partial charge in [-0.3, -0.25) is 4.79 Å². The van der Waals surface area contributed by atoms with E-state index in [1.165, 1.54) is 5.56 Å². The fourth-order valence-corrected chi connectivity index (χ4v) is 3.28. The predicted octanol–water partition coefficient (Wildman–Crippen LogP) is 2.91. The van der Waals surface area contributed by atoms with Gasteiger partial charge in [0, 0.05) is 6.54 Å². The lowest BCUT2D eigenvalue weighted by molar-refractivity contribution is -0.00176. The molecule has 4 rings (SSSR count). The summed E-state index contributed by atoms with van der Waals surface area (Å²) in [6.45, 7) is 1.50. The molecule has 0 saturated heterocycles. The van der Waals surface area contributed by atoms with Crippen LogP contribution in [0, 0.1) is 0 Å². The van der Waals surface area contributed by atoms with E-state index in [0.29, 0.717) is 25.4 Å². The SMILES string of the molecule is O=C(NCCCc1ccccc1)c1nnn2c1COC(c1ccccc1)C2. The highest BCUT2D eigenvalue weighted by atomic mass is 16.5. The quantitative estimate of drug-likeness (QED) is 0.685. The van der Waals surface area contributed by atoms with E-state index in [9.17, 15) is 4.79 Å². The van der Waals surface area contributed by atoms with Crippen molar-refractivity contribution in [2.75, 3.05) is 6.54 Å². The van der Waals surface area contributed by atoms with E-state index in [4.69, 9.17) is 4.74 Å². The van der Waals surface area contributed by atoms with E-state index >= 15 is 0 Å². The van der Waals surface area contributed by atoms with Gasteiger partial charge >= 0.3 is 0 Å². The molecule has 1 aliphatic heterocycles. The highest BCUT2D eigenvalue weighted by Crippen LogP contribution is 2.26. The first-order valence-corrected chi connectivity index (χ1v) is 9.22. The standard InChI is InChI=1S/C21H22N4O2/c26-21(22-13-7-10-16-8-3-1-4-9-16)20-18-15-27-19(14-25(18)24-23-20)17-11-5-2-6-12-17/h1-6,8-9,11-12,19H,7,10,13-15H2,(H,22,26). The van der Waals surface area contributed by atoms with Gasteiger partial charge in [-0.25, -0.2) is 4.68 Å². The van der Waals surface area contributed by atoms with Crippen LogP contribution in [0.5, 0.6) is 0 Å². The molecule has 2 heterocycles. The molecule has 0 fully saturated rings. The second kappa shape index (κ2) is 8.14. The fourth-order valence-electron chi connectivity index (χ4n) is 3.28. The third kappa shape index (κ3) is 4.06. The normalized spacial score (nSPS) is 15.9. The van der Waals surface area contributed by atoms with E-state index in [0.717, 1.165) is 24.1 Å². The lowest BCUT2D eigenvalue weighted by Gasteiger charge is -2.24. The van der Waals surface area contributed by atoms with Crippen LogP contribution in [0.1, 0.15) is 39.8 Å². The minimum absolute atomic E-state index is 0.0674. The first-order valence-electron chi connectivity index (χ1n) is 9.22. The van der Waals surface area contributed by atoms with Crippen molar-refractivity contribution < 1.29 is 9.53 Å². The van der Waals surface area contributed by atoms with E-state index in [-0.39, 0.29) is 12.0 Å². The molecule has 1 unspecified atom stereocenters. The van der Waals surface area contributed by atoms with Crippen LogP contribution in [0.2, 0.25) is 0 Å². The Hall–Kier alpha value is -2.99. The van der Waals surface area contributed by atoms with Crippen molar-refractivity contribution in [3.63, 3.8) is 0 Å². The van der Waals surface area contributed by atoms with Gasteiger partial charge in [0.25, 0.3) is 5.91 Å². The Morgan fingerprint density at radius 3 is 2.63 bits per heavy atom. The Morgan fingerprint density at radius 2 is 1.85 bits per heavy atom. The average molecular weight is 362 g/mol. The summed E-state index contributed by atoms with van der Waals surface area (Å²) in [7, 11) is 0. The minimum atomic E-state index is -0.189. The first-order chi connectivity index (χ1) is 13.3. The topological polar surface area (TPSA) is 69.0 Å². The Labute approximate surface area is 158 Å². The molecule has 6 heteroatoms. The van der Waals surface area contributed by atoms with Crippen LogP contribution in [-0.2, 0) is 24.3 Å². The van der Waals surface area contributed by atoms with Gasteiger partial charge in [0.2, 0.25) is 0 Å². The number of carbonyl (C=O) groups is 1. The van der Waals surface area contributed by atoms with E-state index in [2.05, 4.69) is 27.8 Å². The molecule has 3 aromatic rings. The molecular formula is C21H22N4O2. The number of nitrogens with zero attached hydrogens (tertiary/aromatic N) is 3. The van der Waals surface area contributed by atoms with E-state index in [1.807, 2.05) is 48.5 Å². The summed E-state index contributed by atoms with van der Waals surface area (Å²) in [5.41, 5.74) is 3.47. The summed E-state index contributed by atoms with van der Waals surface area (Å²) in [5.74, 6) is -0.189. The Bertz CT molecular complexity index is 893. The van der Waals surface area contributed by atoms with Gasteiger partial charge in [-0.05, 0) is 24.0 Å². The van der Waals surface area contributed by atoms with Gasteiger partial charge < -0.3 is 10.1 Å². The second-order valence-electron chi connectivity index (χ2n) is 6.62. The maximum absolute atomic E-state index is 12.5. The van der Waals surface area contributed by atoms with Gasteiger partial charge in [0.15, 0.2) is 5.69 Å². The molecule has 0 radical (unpaired) electrons. The van der Waals surface area contributed by atoms with Crippen molar-refractivity contribution in [3.8, 4) is 0 Å². The number of aromatic nitrogens is 3. The highest BCUT2D eigenvalue weighted by molar-refractivity contribution is 5.93. The van der Waals surface area contributed by atoms with E-state index in [1.54, 1.807) is 4.68 Å². The van der Waals surface area contributed by atoms with Gasteiger partial charge in [-0.2, -0.15) is 0 Å². The molecule has 1 amide bonds. The van der Waals surface area contributed by atoms with Gasteiger partial charge in [-0.1, -0.05) is 65.9 Å². The highest BCUT2D eigenvalue weighted by Gasteiger charge is 2.27. The zero-order valence-corrected chi connectivity index (χ0v) is 15.0. The number of aryl methyl sites for hydroxylation is 1. The summed E-state index contributed by atoms with van der Waals surface area (Å²) in [6.07, 6.45) is 1.75. The van der Waals surface area contributed by atoms with Gasteiger partial charge in [0.1, 0.15) is 6.10 Å². The predicted molar refractivity (Wildman–Crippen MR) is 101 cm³/mol. The van der Waals surface area contributed by atoms with Crippen LogP contribution < -0.4 is 5.32 Å². The molecule has 138 valence electrons. The summed E-state index contributed by atoms with van der Waals surface area (Å²) in [5, 5.41) is 11.2. The summed E-state index contributed by atoms with van der Waals surface area (Å²) in [6, 6.07) is 20.3. The molecule has 0 aliphatic carbocycles. The summed E-state index contributed by atoms with van der Waals surface area (Å²) in [4.78, 5) is 12.5. The van der Waals surface area contributed by atoms with Crippen molar-refractivity contribution >= 4 is 5.91 Å². The molecule has 1 aromatic heterocycles. The summed E-state index contributed by atoms with van der Waals surface area (Å²) < 4.78 is 7.72. The van der Waals surface area contributed by atoms with Crippen molar-refractivity contribution in [1.29, 1.82) is 0 Å². The number of amides is 1. The number of hydrogen-bond donors (Lipinski definition) is 1. The summed E-state index contributed by atoms with van der Waals surface area (Å²) >= 11 is 0. The van der Waals surface area contributed by atoms with Crippen molar-refractivity contribution in [1.82, 2.24) is 20.3 Å². The maximum atomic E-state index is 12.5.